The number of hydrogen-bond donors (Lipinski definition) is 2. The third kappa shape index (κ3) is 4.92. The first-order valence-corrected chi connectivity index (χ1v) is 10.7. The summed E-state index contributed by atoms with van der Waals surface area (Å²) >= 11 is 1.13. The van der Waals surface area contributed by atoms with Gasteiger partial charge < -0.3 is 10.6 Å². The van der Waals surface area contributed by atoms with Gasteiger partial charge in [0.15, 0.2) is 9.84 Å². The van der Waals surface area contributed by atoms with Gasteiger partial charge in [0, 0.05) is 13.1 Å². The zero-order chi connectivity index (χ0) is 19.2. The van der Waals surface area contributed by atoms with Crippen LogP contribution in [-0.2, 0) is 19.4 Å². The maximum Gasteiger partial charge on any atom is 0.309 e. The lowest BCUT2D eigenvalue weighted by Crippen LogP contribution is -2.42. The minimum Gasteiger partial charge on any atom is -0.348 e. The number of rotatable bonds is 7. The van der Waals surface area contributed by atoms with Crippen molar-refractivity contribution in [3.05, 3.63) is 52.9 Å². The highest BCUT2D eigenvalue weighted by atomic mass is 32.2. The second-order valence-electron chi connectivity index (χ2n) is 5.84. The van der Waals surface area contributed by atoms with Crippen molar-refractivity contribution in [1.29, 1.82) is 0 Å². The van der Waals surface area contributed by atoms with Crippen LogP contribution < -0.4 is 10.6 Å². The maximum atomic E-state index is 13.0. The van der Waals surface area contributed by atoms with Crippen LogP contribution in [0.4, 0.5) is 0 Å². The topological polar surface area (TPSA) is 92.3 Å². The lowest BCUT2D eigenvalue weighted by Gasteiger charge is -2.18. The molecule has 0 saturated carbocycles. The van der Waals surface area contributed by atoms with E-state index in [-0.39, 0.29) is 10.8 Å². The Morgan fingerprint density at radius 3 is 2.31 bits per heavy atom. The number of nitrogens with one attached hydrogen (secondary N) is 2. The van der Waals surface area contributed by atoms with E-state index >= 15 is 0 Å². The van der Waals surface area contributed by atoms with Crippen molar-refractivity contribution >= 4 is 33.0 Å². The van der Waals surface area contributed by atoms with Crippen LogP contribution in [0.3, 0.4) is 0 Å². The van der Waals surface area contributed by atoms with Gasteiger partial charge in [-0.2, -0.15) is 0 Å². The summed E-state index contributed by atoms with van der Waals surface area (Å²) in [6.07, 6.45) is 0.706. The van der Waals surface area contributed by atoms with Crippen molar-refractivity contribution in [2.75, 3.05) is 13.1 Å². The molecule has 140 valence electrons. The monoisotopic (exact) mass is 394 g/mol. The van der Waals surface area contributed by atoms with Gasteiger partial charge in [-0.1, -0.05) is 42.8 Å². The molecule has 2 amide bonds. The molecule has 0 aliphatic carbocycles. The fourth-order valence-corrected chi connectivity index (χ4v) is 5.20. The molecule has 8 heteroatoms. The van der Waals surface area contributed by atoms with Crippen LogP contribution >= 0.6 is 11.3 Å². The number of benzene rings is 1. The molecule has 2 aromatic rings. The van der Waals surface area contributed by atoms with Crippen LogP contribution in [0, 0.1) is 6.92 Å². The molecule has 0 unspecified atom stereocenters. The van der Waals surface area contributed by atoms with Gasteiger partial charge >= 0.3 is 11.8 Å². The molecule has 1 atom stereocenters. The van der Waals surface area contributed by atoms with Crippen molar-refractivity contribution in [1.82, 2.24) is 10.6 Å². The zero-order valence-corrected chi connectivity index (χ0v) is 16.3. The minimum absolute atomic E-state index is 0.179. The number of thiophene rings is 1. The average molecular weight is 395 g/mol. The number of aryl methyl sites for hydroxylation is 1. The molecular formula is C18H22N2O4S2. The molecule has 0 spiro atoms. The maximum absolute atomic E-state index is 13.0. The zero-order valence-electron chi connectivity index (χ0n) is 14.7. The molecule has 1 aromatic heterocycles. The van der Waals surface area contributed by atoms with E-state index in [1.54, 1.807) is 23.6 Å². The number of sulfone groups is 1. The Labute approximate surface area is 157 Å². The van der Waals surface area contributed by atoms with Crippen LogP contribution in [-0.4, -0.2) is 33.3 Å². The molecule has 2 rings (SSSR count). The molecule has 1 aromatic carbocycles. The second kappa shape index (κ2) is 8.95. The molecule has 0 aliphatic heterocycles. The summed E-state index contributed by atoms with van der Waals surface area (Å²) in [6, 6.07) is 10.3. The van der Waals surface area contributed by atoms with Crippen molar-refractivity contribution in [3.8, 4) is 0 Å². The normalized spacial score (nSPS) is 12.4. The summed E-state index contributed by atoms with van der Waals surface area (Å²) in [5.41, 5.74) is 1.57. The van der Waals surface area contributed by atoms with Crippen LogP contribution in [0.5, 0.6) is 0 Å². The standard InChI is InChI=1S/C18H22N2O4S2/c1-3-10-19-17(21)18(22)20-12-15(14-8-6-13(2)7-9-14)26(23,24)16-5-4-11-25-16/h4-9,11,15H,3,10,12H2,1-2H3,(H,19,21)(H,20,22)/t15-/m0/s1. The van der Waals surface area contributed by atoms with E-state index in [1.807, 2.05) is 26.0 Å². The first-order chi connectivity index (χ1) is 12.4. The van der Waals surface area contributed by atoms with E-state index in [9.17, 15) is 18.0 Å². The van der Waals surface area contributed by atoms with Crippen LogP contribution in [0.25, 0.3) is 0 Å². The molecule has 0 aliphatic rings. The lowest BCUT2D eigenvalue weighted by molar-refractivity contribution is -0.139. The van der Waals surface area contributed by atoms with E-state index < -0.39 is 26.9 Å². The largest absolute Gasteiger partial charge is 0.348 e. The Bertz CT molecular complexity index is 844. The Hall–Kier alpha value is -2.19. The first-order valence-electron chi connectivity index (χ1n) is 8.26. The van der Waals surface area contributed by atoms with Crippen molar-refractivity contribution in [3.63, 3.8) is 0 Å². The lowest BCUT2D eigenvalue weighted by atomic mass is 10.1. The van der Waals surface area contributed by atoms with Gasteiger partial charge in [-0.15, -0.1) is 11.3 Å². The van der Waals surface area contributed by atoms with Gasteiger partial charge in [0.05, 0.1) is 0 Å². The van der Waals surface area contributed by atoms with Crippen molar-refractivity contribution in [2.24, 2.45) is 0 Å². The molecule has 1 heterocycles. The molecule has 6 nitrogen and oxygen atoms in total. The van der Waals surface area contributed by atoms with Crippen LogP contribution in [0.2, 0.25) is 0 Å². The molecule has 0 saturated heterocycles. The summed E-state index contributed by atoms with van der Waals surface area (Å²) < 4.78 is 26.2. The van der Waals surface area contributed by atoms with E-state index in [0.29, 0.717) is 18.5 Å². The number of amides is 2. The van der Waals surface area contributed by atoms with Gasteiger partial charge in [0.1, 0.15) is 9.46 Å². The summed E-state index contributed by atoms with van der Waals surface area (Å²) in [5.74, 6) is -1.60. The molecule has 26 heavy (non-hydrogen) atoms. The first kappa shape index (κ1) is 20.1. The Kier molecular flexibility index (Phi) is 6.93. The van der Waals surface area contributed by atoms with Gasteiger partial charge in [-0.05, 0) is 30.4 Å². The highest BCUT2D eigenvalue weighted by molar-refractivity contribution is 7.93. The van der Waals surface area contributed by atoms with E-state index in [0.717, 1.165) is 16.9 Å². The highest BCUT2D eigenvalue weighted by Crippen LogP contribution is 2.31. The van der Waals surface area contributed by atoms with E-state index in [2.05, 4.69) is 10.6 Å². The van der Waals surface area contributed by atoms with Gasteiger partial charge in [0.25, 0.3) is 0 Å². The summed E-state index contributed by atoms with van der Waals surface area (Å²) in [7, 11) is -3.69. The third-order valence-corrected chi connectivity index (χ3v) is 7.32. The van der Waals surface area contributed by atoms with Crippen molar-refractivity contribution < 1.29 is 18.0 Å². The molecule has 0 fully saturated rings. The van der Waals surface area contributed by atoms with Gasteiger partial charge in [-0.3, -0.25) is 9.59 Å². The fraction of sp³-hybridized carbons (Fsp3) is 0.333. The van der Waals surface area contributed by atoms with Gasteiger partial charge in [0.2, 0.25) is 0 Å². The average Bonchev–Trinajstić information content (AvgIpc) is 3.16. The Morgan fingerprint density at radius 1 is 1.08 bits per heavy atom. The summed E-state index contributed by atoms with van der Waals surface area (Å²) in [4.78, 5) is 23.6. The molecule has 0 bridgehead atoms. The second-order valence-corrected chi connectivity index (χ2v) is 9.15. The quantitative estimate of drug-likeness (QED) is 0.704. The predicted octanol–water partition coefficient (Wildman–Crippen LogP) is 2.21. The Morgan fingerprint density at radius 2 is 1.73 bits per heavy atom. The molecular weight excluding hydrogens is 372 g/mol. The fourth-order valence-electron chi connectivity index (χ4n) is 2.34. The SMILES string of the molecule is CCCNC(=O)C(=O)NC[C@@H](c1ccc(C)cc1)S(=O)(=O)c1cccs1. The number of carbonyl (C=O) groups excluding carboxylic acids is 2. The van der Waals surface area contributed by atoms with Crippen molar-refractivity contribution in [2.45, 2.75) is 29.7 Å². The third-order valence-electron chi connectivity index (χ3n) is 3.79. The van der Waals surface area contributed by atoms with Crippen LogP contribution in [0.1, 0.15) is 29.7 Å². The highest BCUT2D eigenvalue weighted by Gasteiger charge is 2.31. The molecule has 2 N–H and O–H groups in total. The predicted molar refractivity (Wildman–Crippen MR) is 102 cm³/mol. The summed E-state index contributed by atoms with van der Waals surface area (Å²) in [5, 5.41) is 5.64. The molecule has 0 radical (unpaired) electrons. The van der Waals surface area contributed by atoms with E-state index in [1.165, 1.54) is 6.07 Å². The van der Waals surface area contributed by atoms with Gasteiger partial charge in [-0.25, -0.2) is 8.42 Å². The van der Waals surface area contributed by atoms with E-state index in [4.69, 9.17) is 0 Å². The van der Waals surface area contributed by atoms with Crippen LogP contribution in [0.15, 0.2) is 46.0 Å². The smallest absolute Gasteiger partial charge is 0.309 e. The summed E-state index contributed by atoms with van der Waals surface area (Å²) in [6.45, 7) is 3.99. The number of hydrogen-bond acceptors (Lipinski definition) is 5. The minimum atomic E-state index is -3.69. The Balaban J connectivity index is 2.23. The number of carbonyl (C=O) groups is 2.